The van der Waals surface area contributed by atoms with Crippen molar-refractivity contribution in [3.8, 4) is 0 Å². The first-order valence-electron chi connectivity index (χ1n) is 5.16. The fraction of sp³-hybridized carbons (Fsp3) is 0.0833. The van der Waals surface area contributed by atoms with Gasteiger partial charge in [0.05, 0.1) is 17.8 Å². The van der Waals surface area contributed by atoms with E-state index in [-0.39, 0.29) is 5.91 Å². The predicted molar refractivity (Wildman–Crippen MR) is 72.4 cm³/mol. The molecule has 1 heterocycles. The van der Waals surface area contributed by atoms with E-state index in [0.717, 1.165) is 0 Å². The highest BCUT2D eigenvalue weighted by Gasteiger charge is 2.10. The van der Waals surface area contributed by atoms with E-state index in [1.54, 1.807) is 36.5 Å². The maximum atomic E-state index is 11.9. The average Bonchev–Trinajstić information content (AvgIpc) is 2.40. The fourth-order valence-corrected chi connectivity index (χ4v) is 1.96. The minimum absolute atomic E-state index is 0.213. The summed E-state index contributed by atoms with van der Waals surface area (Å²) in [7, 11) is 0. The maximum Gasteiger partial charge on any atom is 0.252 e. The Kier molecular flexibility index (Phi) is 4.28. The molecule has 2 rings (SSSR count). The largest absolute Gasteiger partial charge is 0.346 e. The number of hydrogen-bond acceptors (Lipinski definition) is 3. The van der Waals surface area contributed by atoms with Crippen LogP contribution in [0.25, 0.3) is 0 Å². The van der Waals surface area contributed by atoms with Crippen molar-refractivity contribution in [1.29, 1.82) is 0 Å². The predicted octanol–water partition coefficient (Wildman–Crippen LogP) is 2.82. The highest BCUT2D eigenvalue weighted by atomic mass is 79.9. The molecule has 0 aliphatic carbocycles. The molecule has 0 unspecified atom stereocenters. The van der Waals surface area contributed by atoms with Crippen molar-refractivity contribution in [1.82, 2.24) is 15.5 Å². The van der Waals surface area contributed by atoms with Crippen LogP contribution in [0.1, 0.15) is 16.1 Å². The number of nitrogens with one attached hydrogen (secondary N) is 1. The lowest BCUT2D eigenvalue weighted by atomic mass is 10.2. The van der Waals surface area contributed by atoms with Crippen molar-refractivity contribution in [2.45, 2.75) is 6.54 Å². The summed E-state index contributed by atoms with van der Waals surface area (Å²) in [5, 5.41) is 10.9. The van der Waals surface area contributed by atoms with Gasteiger partial charge in [-0.3, -0.25) is 4.79 Å². The molecule has 0 spiro atoms. The number of carbonyl (C=O) groups excluding carboxylic acids is 1. The Morgan fingerprint density at radius 3 is 2.94 bits per heavy atom. The van der Waals surface area contributed by atoms with Gasteiger partial charge in [0.25, 0.3) is 5.91 Å². The Morgan fingerprint density at radius 1 is 1.39 bits per heavy atom. The Balaban J connectivity index is 2.06. The molecule has 1 amide bonds. The molecule has 0 fully saturated rings. The molecule has 1 aromatic carbocycles. The van der Waals surface area contributed by atoms with E-state index < -0.39 is 0 Å². The summed E-state index contributed by atoms with van der Waals surface area (Å²) in [4.78, 5) is 11.9. The number of amides is 1. The number of hydrogen-bond donors (Lipinski definition) is 1. The fourth-order valence-electron chi connectivity index (χ4n) is 1.37. The van der Waals surface area contributed by atoms with Gasteiger partial charge in [-0.25, -0.2) is 0 Å². The number of halogens is 2. The van der Waals surface area contributed by atoms with Crippen molar-refractivity contribution in [3.63, 3.8) is 0 Å². The molecule has 0 radical (unpaired) electrons. The number of rotatable bonds is 3. The summed E-state index contributed by atoms with van der Waals surface area (Å²) in [6.07, 6.45) is 1.58. The SMILES string of the molecule is O=C(NCc1cccnn1)c1cc(Cl)ccc1Br. The first-order valence-corrected chi connectivity index (χ1v) is 6.34. The van der Waals surface area contributed by atoms with Crippen LogP contribution in [0.2, 0.25) is 5.02 Å². The molecular formula is C12H9BrClN3O. The van der Waals surface area contributed by atoms with Crippen LogP contribution in [0, 0.1) is 0 Å². The van der Waals surface area contributed by atoms with Crippen LogP contribution >= 0.6 is 27.5 Å². The molecule has 0 saturated heterocycles. The van der Waals surface area contributed by atoms with Crippen LogP contribution in [0.3, 0.4) is 0 Å². The smallest absolute Gasteiger partial charge is 0.252 e. The van der Waals surface area contributed by atoms with Gasteiger partial charge in [0.2, 0.25) is 0 Å². The number of aromatic nitrogens is 2. The van der Waals surface area contributed by atoms with Crippen LogP contribution in [-0.4, -0.2) is 16.1 Å². The van der Waals surface area contributed by atoms with Crippen molar-refractivity contribution < 1.29 is 4.79 Å². The van der Waals surface area contributed by atoms with Gasteiger partial charge in [-0.05, 0) is 46.3 Å². The Bertz CT molecular complexity index is 563. The second-order valence-electron chi connectivity index (χ2n) is 3.52. The molecule has 0 bridgehead atoms. The molecule has 0 aliphatic rings. The summed E-state index contributed by atoms with van der Waals surface area (Å²) in [6.45, 7) is 0.325. The van der Waals surface area contributed by atoms with Crippen molar-refractivity contribution in [3.05, 3.63) is 57.3 Å². The normalized spacial score (nSPS) is 10.1. The lowest BCUT2D eigenvalue weighted by Crippen LogP contribution is -2.23. The van der Waals surface area contributed by atoms with E-state index in [1.807, 2.05) is 0 Å². The third-order valence-corrected chi connectivity index (χ3v) is 3.16. The Morgan fingerprint density at radius 2 is 2.22 bits per heavy atom. The van der Waals surface area contributed by atoms with Crippen LogP contribution in [0.15, 0.2) is 41.0 Å². The first kappa shape index (κ1) is 13.0. The lowest BCUT2D eigenvalue weighted by Gasteiger charge is -2.06. The van der Waals surface area contributed by atoms with Gasteiger partial charge in [-0.15, -0.1) is 0 Å². The highest BCUT2D eigenvalue weighted by Crippen LogP contribution is 2.21. The van der Waals surface area contributed by atoms with E-state index in [2.05, 4.69) is 31.4 Å². The number of nitrogens with zero attached hydrogens (tertiary/aromatic N) is 2. The molecule has 0 atom stereocenters. The molecule has 4 nitrogen and oxygen atoms in total. The number of carbonyl (C=O) groups is 1. The van der Waals surface area contributed by atoms with E-state index in [4.69, 9.17) is 11.6 Å². The zero-order chi connectivity index (χ0) is 13.0. The molecule has 18 heavy (non-hydrogen) atoms. The maximum absolute atomic E-state index is 11.9. The minimum Gasteiger partial charge on any atom is -0.346 e. The first-order chi connectivity index (χ1) is 8.66. The lowest BCUT2D eigenvalue weighted by molar-refractivity contribution is 0.0949. The van der Waals surface area contributed by atoms with E-state index >= 15 is 0 Å². The van der Waals surface area contributed by atoms with Gasteiger partial charge in [-0.2, -0.15) is 10.2 Å². The zero-order valence-electron chi connectivity index (χ0n) is 9.23. The van der Waals surface area contributed by atoms with Gasteiger partial charge < -0.3 is 5.32 Å². The van der Waals surface area contributed by atoms with Gasteiger partial charge >= 0.3 is 0 Å². The summed E-state index contributed by atoms with van der Waals surface area (Å²) < 4.78 is 0.698. The summed E-state index contributed by atoms with van der Waals surface area (Å²) in [5.74, 6) is -0.213. The number of benzene rings is 1. The van der Waals surface area contributed by atoms with E-state index in [1.165, 1.54) is 0 Å². The Hall–Kier alpha value is -1.46. The summed E-state index contributed by atoms with van der Waals surface area (Å²) in [6, 6.07) is 8.62. The molecule has 0 saturated carbocycles. The topological polar surface area (TPSA) is 54.9 Å². The van der Waals surface area contributed by atoms with E-state index in [9.17, 15) is 4.79 Å². The molecule has 0 aliphatic heterocycles. The van der Waals surface area contributed by atoms with Crippen LogP contribution in [-0.2, 0) is 6.54 Å². The third kappa shape index (κ3) is 3.27. The van der Waals surface area contributed by atoms with E-state index in [0.29, 0.717) is 27.3 Å². The van der Waals surface area contributed by atoms with Gasteiger partial charge in [0.15, 0.2) is 0 Å². The molecule has 2 aromatic rings. The van der Waals surface area contributed by atoms with Gasteiger partial charge in [-0.1, -0.05) is 11.6 Å². The molecule has 6 heteroatoms. The van der Waals surface area contributed by atoms with Gasteiger partial charge in [0.1, 0.15) is 0 Å². The van der Waals surface area contributed by atoms with Crippen molar-refractivity contribution in [2.75, 3.05) is 0 Å². The van der Waals surface area contributed by atoms with Crippen LogP contribution in [0.5, 0.6) is 0 Å². The van der Waals surface area contributed by atoms with Crippen molar-refractivity contribution in [2.24, 2.45) is 0 Å². The highest BCUT2D eigenvalue weighted by molar-refractivity contribution is 9.10. The minimum atomic E-state index is -0.213. The standard InChI is InChI=1S/C12H9BrClN3O/c13-11-4-3-8(14)6-10(11)12(18)15-7-9-2-1-5-16-17-9/h1-6H,7H2,(H,15,18). The quantitative estimate of drug-likeness (QED) is 0.943. The summed E-state index contributed by atoms with van der Waals surface area (Å²) in [5.41, 5.74) is 1.19. The van der Waals surface area contributed by atoms with Crippen LogP contribution in [0.4, 0.5) is 0 Å². The van der Waals surface area contributed by atoms with Crippen LogP contribution < -0.4 is 5.32 Å². The summed E-state index contributed by atoms with van der Waals surface area (Å²) >= 11 is 9.16. The monoisotopic (exact) mass is 325 g/mol. The zero-order valence-corrected chi connectivity index (χ0v) is 11.6. The Labute approximate surface area is 118 Å². The molecule has 92 valence electrons. The molecule has 1 N–H and O–H groups in total. The molecular weight excluding hydrogens is 318 g/mol. The molecule has 1 aromatic heterocycles. The third-order valence-electron chi connectivity index (χ3n) is 2.23. The van der Waals surface area contributed by atoms with Crippen molar-refractivity contribution >= 4 is 33.4 Å². The second-order valence-corrected chi connectivity index (χ2v) is 4.81. The van der Waals surface area contributed by atoms with Gasteiger partial charge in [0, 0.05) is 15.7 Å². The second kappa shape index (κ2) is 5.93. The average molecular weight is 327 g/mol.